The van der Waals surface area contributed by atoms with E-state index in [2.05, 4.69) is 19.2 Å². The standard InChI is InChI=1S/C53H101NO8S/c1-6-9-11-13-15-17-19-21-23-25-27-29-31-33-35-37-39-49(58)61-42-48(43-63-52(4,5)41-47(8-3)51(60)54-53(44-55,45-56)46-57)62-50(59)40-38-36-34-32-30-28-26-24-22-20-18-16-14-12-10-7-2/h8,48,55-57H,6-7,9-46H2,1-5H3,(H,54,60)/b47-8+. The molecule has 372 valence electrons. The van der Waals surface area contributed by atoms with Crippen LogP contribution in [-0.4, -0.2) is 81.7 Å². The van der Waals surface area contributed by atoms with E-state index in [1.807, 2.05) is 13.8 Å². The number of amides is 1. The summed E-state index contributed by atoms with van der Waals surface area (Å²) in [6.07, 6.45) is 42.8. The average Bonchev–Trinajstić information content (AvgIpc) is 3.27. The van der Waals surface area contributed by atoms with Gasteiger partial charge in [0.05, 0.1) is 19.8 Å². The highest BCUT2D eigenvalue weighted by molar-refractivity contribution is 8.00. The van der Waals surface area contributed by atoms with E-state index in [0.717, 1.165) is 38.5 Å². The summed E-state index contributed by atoms with van der Waals surface area (Å²) in [7, 11) is 0. The fourth-order valence-electron chi connectivity index (χ4n) is 7.99. The highest BCUT2D eigenvalue weighted by Crippen LogP contribution is 2.33. The van der Waals surface area contributed by atoms with E-state index in [9.17, 15) is 29.7 Å². The molecule has 0 rings (SSSR count). The molecular weight excluding hydrogens is 811 g/mol. The van der Waals surface area contributed by atoms with E-state index < -0.39 is 42.1 Å². The number of thioether (sulfide) groups is 1. The van der Waals surface area contributed by atoms with Gasteiger partial charge in [-0.15, -0.1) is 0 Å². The van der Waals surface area contributed by atoms with Crippen LogP contribution in [0.25, 0.3) is 0 Å². The molecule has 0 saturated carbocycles. The second-order valence-corrected chi connectivity index (χ2v) is 20.9. The Hall–Kier alpha value is -1.62. The maximum Gasteiger partial charge on any atom is 0.306 e. The molecule has 9 nitrogen and oxygen atoms in total. The van der Waals surface area contributed by atoms with Gasteiger partial charge in [0.1, 0.15) is 18.2 Å². The first-order valence-corrected chi connectivity index (χ1v) is 27.3. The predicted molar refractivity (Wildman–Crippen MR) is 266 cm³/mol. The molecule has 0 heterocycles. The molecule has 0 fully saturated rings. The van der Waals surface area contributed by atoms with Gasteiger partial charge in [-0.3, -0.25) is 14.4 Å². The molecule has 0 radical (unpaired) electrons. The van der Waals surface area contributed by atoms with Crippen molar-refractivity contribution < 1.29 is 39.2 Å². The summed E-state index contributed by atoms with van der Waals surface area (Å²) in [5.41, 5.74) is -1.08. The van der Waals surface area contributed by atoms with Gasteiger partial charge in [-0.05, 0) is 26.2 Å². The molecule has 0 aliphatic carbocycles. The lowest BCUT2D eigenvalue weighted by Crippen LogP contribution is -2.57. The Morgan fingerprint density at radius 1 is 0.540 bits per heavy atom. The Balaban J connectivity index is 4.73. The minimum absolute atomic E-state index is 0.00551. The number of unbranched alkanes of at least 4 members (excludes halogenated alkanes) is 30. The minimum atomic E-state index is -1.52. The normalized spacial score (nSPS) is 12.7. The molecule has 0 aromatic heterocycles. The van der Waals surface area contributed by atoms with Gasteiger partial charge < -0.3 is 30.1 Å². The van der Waals surface area contributed by atoms with Crippen molar-refractivity contribution in [2.45, 2.75) is 276 Å². The van der Waals surface area contributed by atoms with Crippen LogP contribution in [0.2, 0.25) is 0 Å². The number of aliphatic hydroxyl groups excluding tert-OH is 3. The van der Waals surface area contributed by atoms with Crippen molar-refractivity contribution >= 4 is 29.6 Å². The van der Waals surface area contributed by atoms with Gasteiger partial charge in [0, 0.05) is 28.9 Å². The van der Waals surface area contributed by atoms with Crippen LogP contribution < -0.4 is 5.32 Å². The summed E-state index contributed by atoms with van der Waals surface area (Å²) in [6.45, 7) is 8.44. The molecule has 0 aromatic carbocycles. The first-order valence-electron chi connectivity index (χ1n) is 26.3. The summed E-state index contributed by atoms with van der Waals surface area (Å²) in [5, 5.41) is 31.7. The largest absolute Gasteiger partial charge is 0.462 e. The Morgan fingerprint density at radius 3 is 1.21 bits per heavy atom. The molecule has 0 aliphatic heterocycles. The lowest BCUT2D eigenvalue weighted by molar-refractivity contribution is -0.157. The van der Waals surface area contributed by atoms with Gasteiger partial charge in [-0.25, -0.2) is 0 Å². The third-order valence-corrected chi connectivity index (χ3v) is 13.9. The maximum atomic E-state index is 13.1. The smallest absolute Gasteiger partial charge is 0.306 e. The van der Waals surface area contributed by atoms with Crippen LogP contribution >= 0.6 is 11.8 Å². The third kappa shape index (κ3) is 37.2. The van der Waals surface area contributed by atoms with Crippen LogP contribution in [0.3, 0.4) is 0 Å². The molecule has 4 N–H and O–H groups in total. The highest BCUT2D eigenvalue weighted by Gasteiger charge is 2.33. The first-order chi connectivity index (χ1) is 30.5. The fourth-order valence-corrected chi connectivity index (χ4v) is 9.04. The third-order valence-electron chi connectivity index (χ3n) is 12.4. The number of esters is 2. The number of carbonyl (C=O) groups excluding carboxylic acids is 3. The number of rotatable bonds is 47. The van der Waals surface area contributed by atoms with Crippen molar-refractivity contribution in [3.05, 3.63) is 11.6 Å². The van der Waals surface area contributed by atoms with Crippen LogP contribution in [0.15, 0.2) is 11.6 Å². The van der Waals surface area contributed by atoms with Crippen molar-refractivity contribution in [1.29, 1.82) is 0 Å². The molecule has 1 atom stereocenters. The molecule has 63 heavy (non-hydrogen) atoms. The summed E-state index contributed by atoms with van der Waals surface area (Å²) in [4.78, 5) is 38.9. The number of ether oxygens (including phenoxy) is 2. The Morgan fingerprint density at radius 2 is 0.873 bits per heavy atom. The molecule has 1 unspecified atom stereocenters. The van der Waals surface area contributed by atoms with Gasteiger partial charge in [0.2, 0.25) is 5.91 Å². The van der Waals surface area contributed by atoms with Gasteiger partial charge >= 0.3 is 11.9 Å². The minimum Gasteiger partial charge on any atom is -0.462 e. The number of allylic oxidation sites excluding steroid dienone is 1. The van der Waals surface area contributed by atoms with Gasteiger partial charge in [0.15, 0.2) is 0 Å². The molecular formula is C53H101NO8S. The molecule has 0 aliphatic rings. The predicted octanol–water partition coefficient (Wildman–Crippen LogP) is 13.4. The second-order valence-electron chi connectivity index (χ2n) is 19.2. The van der Waals surface area contributed by atoms with Crippen LogP contribution in [0.1, 0.15) is 259 Å². The summed E-state index contributed by atoms with van der Waals surface area (Å²) < 4.78 is 11.1. The highest BCUT2D eigenvalue weighted by atomic mass is 32.2. The lowest BCUT2D eigenvalue weighted by atomic mass is 9.98. The SMILES string of the molecule is C/C=C(\CC(C)(C)SCC(COC(=O)CCCCCCCCCCCCCCCCCC)OC(=O)CCCCCCCCCCCCCCCCCC)C(=O)NC(CO)(CO)CO. The molecule has 0 spiro atoms. The Bertz CT molecular complexity index is 1100. The fraction of sp³-hybridized carbons (Fsp3) is 0.906. The summed E-state index contributed by atoms with van der Waals surface area (Å²) in [6, 6.07) is 0. The van der Waals surface area contributed by atoms with Crippen molar-refractivity contribution in [2.75, 3.05) is 32.2 Å². The molecule has 10 heteroatoms. The lowest BCUT2D eigenvalue weighted by Gasteiger charge is -2.31. The Kier molecular flexibility index (Phi) is 41.9. The first kappa shape index (κ1) is 61.4. The van der Waals surface area contributed by atoms with E-state index in [0.29, 0.717) is 30.6 Å². The number of hydrogen-bond donors (Lipinski definition) is 4. The van der Waals surface area contributed by atoms with Crippen molar-refractivity contribution in [2.24, 2.45) is 0 Å². The van der Waals surface area contributed by atoms with Crippen molar-refractivity contribution in [3.63, 3.8) is 0 Å². The van der Waals surface area contributed by atoms with E-state index >= 15 is 0 Å². The Labute approximate surface area is 392 Å². The molecule has 0 bridgehead atoms. The molecule has 0 aromatic rings. The zero-order valence-electron chi connectivity index (χ0n) is 41.7. The maximum absolute atomic E-state index is 13.1. The zero-order chi connectivity index (χ0) is 46.7. The number of hydrogen-bond acceptors (Lipinski definition) is 9. The molecule has 1 amide bonds. The number of aliphatic hydroxyl groups is 3. The summed E-state index contributed by atoms with van der Waals surface area (Å²) in [5.74, 6) is -0.639. The van der Waals surface area contributed by atoms with E-state index in [1.54, 1.807) is 13.0 Å². The van der Waals surface area contributed by atoms with E-state index in [1.165, 1.54) is 179 Å². The van der Waals surface area contributed by atoms with E-state index in [-0.39, 0.29) is 18.5 Å². The van der Waals surface area contributed by atoms with Crippen LogP contribution in [0, 0.1) is 0 Å². The monoisotopic (exact) mass is 912 g/mol. The summed E-state index contributed by atoms with van der Waals surface area (Å²) >= 11 is 1.53. The van der Waals surface area contributed by atoms with Crippen LogP contribution in [-0.2, 0) is 23.9 Å². The van der Waals surface area contributed by atoms with E-state index in [4.69, 9.17) is 9.47 Å². The zero-order valence-corrected chi connectivity index (χ0v) is 42.5. The van der Waals surface area contributed by atoms with Crippen molar-refractivity contribution in [1.82, 2.24) is 5.32 Å². The second kappa shape index (κ2) is 43.0. The number of nitrogens with one attached hydrogen (secondary N) is 1. The van der Waals surface area contributed by atoms with Crippen LogP contribution in [0.4, 0.5) is 0 Å². The van der Waals surface area contributed by atoms with Gasteiger partial charge in [0.25, 0.3) is 0 Å². The topological polar surface area (TPSA) is 142 Å². The quantitative estimate of drug-likeness (QED) is 0.0267. The number of carbonyl (C=O) groups is 3. The average molecular weight is 912 g/mol. The van der Waals surface area contributed by atoms with Gasteiger partial charge in [-0.2, -0.15) is 11.8 Å². The molecule has 0 saturated heterocycles. The van der Waals surface area contributed by atoms with Crippen molar-refractivity contribution in [3.8, 4) is 0 Å². The van der Waals surface area contributed by atoms with Crippen LogP contribution in [0.5, 0.6) is 0 Å². The van der Waals surface area contributed by atoms with Gasteiger partial charge in [-0.1, -0.05) is 226 Å².